The Labute approximate surface area is 423 Å². The molecule has 3 rings (SSSR count). The Kier molecular flexibility index (Phi) is 27.9. The molecule has 1 aliphatic rings. The van der Waals surface area contributed by atoms with E-state index in [4.69, 9.17) is 19.5 Å². The lowest BCUT2D eigenvalue weighted by Gasteiger charge is -2.30. The van der Waals surface area contributed by atoms with Crippen LogP contribution < -0.4 is 16.4 Å². The highest BCUT2D eigenvalue weighted by Gasteiger charge is 2.50. The fourth-order valence-corrected chi connectivity index (χ4v) is 10.8. The molecule has 1 saturated heterocycles. The SMILES string of the molecule is CCCCC/C=C/C/C=C/CCCCCCCCCC(O)CC(=O)SCCNC(=O)CCNC(=O)C(O)C(C)(C)COP(=O)(O)OP(=O)(O)OCC1OC(n2cnc3c(N)ncnc32)C(O)C1OP(=O)(O)O. The number of aliphatic hydroxyl groups excluding tert-OH is 3. The summed E-state index contributed by atoms with van der Waals surface area (Å²) in [6, 6.07) is 0. The monoisotopic (exact) mass is 1100 g/mol. The van der Waals surface area contributed by atoms with E-state index in [1.165, 1.54) is 58.8 Å². The van der Waals surface area contributed by atoms with E-state index in [1.807, 2.05) is 0 Å². The number of carbonyl (C=O) groups excluding carboxylic acids is 3. The Morgan fingerprint density at radius 2 is 1.53 bits per heavy atom. The van der Waals surface area contributed by atoms with Crippen molar-refractivity contribution < 1.29 is 85.6 Å². The second-order valence-corrected chi connectivity index (χ2v) is 23.3. The molecule has 25 nitrogen and oxygen atoms in total. The first kappa shape index (κ1) is 63.3. The largest absolute Gasteiger partial charge is 0.481 e. The number of amides is 2. The third-order valence-electron chi connectivity index (χ3n) is 11.2. The number of anilines is 1. The van der Waals surface area contributed by atoms with Crippen molar-refractivity contribution in [1.29, 1.82) is 0 Å². The quantitative estimate of drug-likeness (QED) is 0.0241. The molecule has 11 N–H and O–H groups in total. The third kappa shape index (κ3) is 24.1. The molecule has 0 spiro atoms. The molecule has 8 atom stereocenters. The van der Waals surface area contributed by atoms with Gasteiger partial charge in [0, 0.05) is 37.1 Å². The van der Waals surface area contributed by atoms with Gasteiger partial charge >= 0.3 is 23.5 Å². The number of nitrogens with one attached hydrogen (secondary N) is 2. The van der Waals surface area contributed by atoms with Gasteiger partial charge < -0.3 is 56.0 Å². The van der Waals surface area contributed by atoms with Crippen LogP contribution >= 0.6 is 35.2 Å². The number of nitrogens with zero attached hydrogens (tertiary/aromatic N) is 4. The maximum atomic E-state index is 12.8. The molecule has 0 saturated carbocycles. The first-order chi connectivity index (χ1) is 33.9. The Morgan fingerprint density at radius 1 is 0.889 bits per heavy atom. The van der Waals surface area contributed by atoms with Crippen molar-refractivity contribution in [2.24, 2.45) is 5.41 Å². The lowest BCUT2D eigenvalue weighted by Crippen LogP contribution is -2.46. The molecule has 0 aliphatic carbocycles. The molecule has 3 heterocycles. The molecule has 1 aliphatic heterocycles. The fraction of sp³-hybridized carbons (Fsp3) is 0.721. The molecule has 2 aromatic heterocycles. The van der Waals surface area contributed by atoms with Crippen molar-refractivity contribution >= 4 is 69.1 Å². The van der Waals surface area contributed by atoms with Gasteiger partial charge in [0.1, 0.15) is 36.3 Å². The van der Waals surface area contributed by atoms with E-state index < -0.39 is 90.7 Å². The topological polar surface area (TPSA) is 384 Å². The number of imidazole rings is 1. The number of allylic oxidation sites excluding steroid dienone is 4. The number of hydrogen-bond donors (Lipinski definition) is 10. The number of carbonyl (C=O) groups is 3. The maximum absolute atomic E-state index is 12.8. The summed E-state index contributed by atoms with van der Waals surface area (Å²) >= 11 is 0.996. The highest BCUT2D eigenvalue weighted by atomic mass is 32.2. The van der Waals surface area contributed by atoms with Crippen molar-refractivity contribution in [2.45, 2.75) is 160 Å². The third-order valence-corrected chi connectivity index (χ3v) is 15.2. The Morgan fingerprint density at radius 3 is 2.19 bits per heavy atom. The summed E-state index contributed by atoms with van der Waals surface area (Å²) in [5.74, 6) is -1.23. The number of nitrogens with two attached hydrogens (primary N) is 1. The van der Waals surface area contributed by atoms with Crippen molar-refractivity contribution in [1.82, 2.24) is 30.2 Å². The zero-order valence-corrected chi connectivity index (χ0v) is 44.5. The van der Waals surface area contributed by atoms with E-state index >= 15 is 0 Å². The molecule has 29 heteroatoms. The van der Waals surface area contributed by atoms with Gasteiger partial charge in [0.25, 0.3) is 0 Å². The zero-order chi connectivity index (χ0) is 53.4. The fourth-order valence-electron chi connectivity index (χ4n) is 7.19. The van der Waals surface area contributed by atoms with Gasteiger partial charge in [0.2, 0.25) is 11.8 Å². The summed E-state index contributed by atoms with van der Waals surface area (Å²) in [6.07, 6.45) is 16.6. The predicted molar refractivity (Wildman–Crippen MR) is 266 cm³/mol. The molecule has 1 fully saturated rings. The minimum atomic E-state index is -5.59. The zero-order valence-electron chi connectivity index (χ0n) is 41.0. The van der Waals surface area contributed by atoms with Crippen LogP contribution in [0.2, 0.25) is 0 Å². The first-order valence-corrected chi connectivity index (χ1v) is 29.5. The number of hydrogen-bond acceptors (Lipinski definition) is 19. The summed E-state index contributed by atoms with van der Waals surface area (Å²) in [5.41, 5.74) is 4.25. The number of thioether (sulfide) groups is 1. The Hall–Kier alpha value is -3.00. The molecular weight excluding hydrogens is 1030 g/mol. The van der Waals surface area contributed by atoms with Crippen LogP contribution in [0.25, 0.3) is 11.2 Å². The van der Waals surface area contributed by atoms with Crippen molar-refractivity contribution in [3.8, 4) is 0 Å². The highest BCUT2D eigenvalue weighted by molar-refractivity contribution is 8.13. The van der Waals surface area contributed by atoms with Gasteiger partial charge in [-0.2, -0.15) is 4.31 Å². The maximum Gasteiger partial charge on any atom is 0.481 e. The van der Waals surface area contributed by atoms with Crippen molar-refractivity contribution in [3.05, 3.63) is 37.0 Å². The van der Waals surface area contributed by atoms with Crippen LogP contribution in [0.4, 0.5) is 5.82 Å². The van der Waals surface area contributed by atoms with Crippen molar-refractivity contribution in [2.75, 3.05) is 37.8 Å². The number of aromatic nitrogens is 4. The van der Waals surface area contributed by atoms with Crippen LogP contribution in [0.15, 0.2) is 37.0 Å². The lowest BCUT2D eigenvalue weighted by molar-refractivity contribution is -0.137. The number of rotatable bonds is 37. The molecular formula is C43H74N7O18P3S. The number of aliphatic hydroxyl groups is 3. The summed E-state index contributed by atoms with van der Waals surface area (Å²) in [7, 11) is -16.4. The first-order valence-electron chi connectivity index (χ1n) is 24.0. The molecule has 0 aromatic carbocycles. The van der Waals surface area contributed by atoms with Crippen LogP contribution in [0.1, 0.15) is 130 Å². The van der Waals surface area contributed by atoms with Gasteiger partial charge in [0.15, 0.2) is 22.8 Å². The molecule has 0 bridgehead atoms. The van der Waals surface area contributed by atoms with E-state index in [1.54, 1.807) is 0 Å². The van der Waals surface area contributed by atoms with E-state index in [9.17, 15) is 63.0 Å². The van der Waals surface area contributed by atoms with E-state index in [0.29, 0.717) is 6.42 Å². The van der Waals surface area contributed by atoms with E-state index in [2.05, 4.69) is 65.6 Å². The van der Waals surface area contributed by atoms with Crippen LogP contribution in [0, 0.1) is 5.41 Å². The highest BCUT2D eigenvalue weighted by Crippen LogP contribution is 2.61. The standard InChI is InChI=1S/C43H74N7O18P3S/c1-4-5-6-7-8-9-10-11-12-13-14-15-16-17-18-19-20-21-31(51)26-34(53)72-25-24-45-33(52)22-23-46-41(56)38(55)43(2,3)28-65-71(62,63)68-70(60,61)64-27-32-37(67-69(57,58)59)36(54)42(66-32)50-30-49-35-39(44)47-29-48-40(35)50/h8-9,11-12,29-32,36-38,42,51,54-55H,4-7,10,13-28H2,1-3H3,(H,45,52)(H,46,56)(H,60,61)(H,62,63)(H2,44,47,48)(H2,57,58,59)/b9-8+,12-11+. The van der Waals surface area contributed by atoms with Gasteiger partial charge in [0.05, 0.1) is 25.6 Å². The second-order valence-electron chi connectivity index (χ2n) is 17.9. The molecule has 72 heavy (non-hydrogen) atoms. The van der Waals surface area contributed by atoms with Gasteiger partial charge in [-0.15, -0.1) is 0 Å². The number of ether oxygens (including phenoxy) is 1. The minimum Gasteiger partial charge on any atom is -0.393 e. The van der Waals surface area contributed by atoms with E-state index in [-0.39, 0.29) is 53.8 Å². The van der Waals surface area contributed by atoms with Gasteiger partial charge in [-0.25, -0.2) is 28.6 Å². The van der Waals surface area contributed by atoms with Crippen LogP contribution in [-0.4, -0.2) is 134 Å². The molecule has 8 unspecified atom stereocenters. The number of fused-ring (bicyclic) bond motifs is 1. The second kappa shape index (κ2) is 31.8. The normalized spacial score (nSPS) is 20.2. The van der Waals surface area contributed by atoms with E-state index in [0.717, 1.165) is 67.5 Å². The minimum absolute atomic E-state index is 0.0165. The molecule has 410 valence electrons. The lowest BCUT2D eigenvalue weighted by atomic mass is 9.87. The number of unbranched alkanes of at least 4 members (excludes halogenated alkanes) is 10. The number of phosphoric ester groups is 3. The van der Waals surface area contributed by atoms with Gasteiger partial charge in [-0.1, -0.05) is 108 Å². The molecule has 2 aromatic rings. The summed E-state index contributed by atoms with van der Waals surface area (Å²) in [4.78, 5) is 88.6. The van der Waals surface area contributed by atoms with Crippen molar-refractivity contribution in [3.63, 3.8) is 0 Å². The van der Waals surface area contributed by atoms with Crippen LogP contribution in [0.5, 0.6) is 0 Å². The molecule has 2 amide bonds. The summed E-state index contributed by atoms with van der Waals surface area (Å²) in [5, 5.41) is 36.7. The Bertz CT molecular complexity index is 2200. The van der Waals surface area contributed by atoms with Gasteiger partial charge in [-0.3, -0.25) is 32.5 Å². The predicted octanol–water partition coefficient (Wildman–Crippen LogP) is 5.01. The summed E-state index contributed by atoms with van der Waals surface area (Å²) < 4.78 is 62.5. The average molecular weight is 1100 g/mol. The smallest absolute Gasteiger partial charge is 0.393 e. The number of phosphoric acid groups is 3. The van der Waals surface area contributed by atoms with Crippen LogP contribution in [-0.2, 0) is 50.7 Å². The van der Waals surface area contributed by atoms with Gasteiger partial charge in [-0.05, 0) is 38.5 Å². The molecule has 0 radical (unpaired) electrons. The summed E-state index contributed by atoms with van der Waals surface area (Å²) in [6.45, 7) is 2.60. The Balaban J connectivity index is 1.27. The van der Waals surface area contributed by atoms with Crippen LogP contribution in [0.3, 0.4) is 0 Å². The average Bonchev–Trinajstić information content (AvgIpc) is 3.86. The number of nitrogen functional groups attached to an aromatic ring is 1.